The van der Waals surface area contributed by atoms with E-state index in [-0.39, 0.29) is 18.8 Å². The second-order valence-corrected chi connectivity index (χ2v) is 4.92. The number of aromatic nitrogens is 2. The minimum absolute atomic E-state index is 0.0523. The maximum atomic E-state index is 13.1. The first-order valence-corrected chi connectivity index (χ1v) is 6.32. The molecule has 1 aliphatic rings. The smallest absolute Gasteiger partial charge is 0.248 e. The van der Waals surface area contributed by atoms with Crippen molar-refractivity contribution < 1.29 is 13.5 Å². The van der Waals surface area contributed by atoms with Crippen molar-refractivity contribution in [3.8, 4) is 0 Å². The lowest BCUT2D eigenvalue weighted by Crippen LogP contribution is -2.10. The van der Waals surface area contributed by atoms with Crippen molar-refractivity contribution in [2.75, 3.05) is 25.6 Å². The summed E-state index contributed by atoms with van der Waals surface area (Å²) in [7, 11) is 1.62. The van der Waals surface area contributed by atoms with E-state index in [1.807, 2.05) is 0 Å². The molecule has 1 heterocycles. The van der Waals surface area contributed by atoms with Gasteiger partial charge in [0.05, 0.1) is 6.61 Å². The number of halogens is 2. The van der Waals surface area contributed by atoms with Crippen LogP contribution in [0, 0.1) is 0 Å². The van der Waals surface area contributed by atoms with Crippen LogP contribution in [0.15, 0.2) is 0 Å². The Labute approximate surface area is 103 Å². The van der Waals surface area contributed by atoms with Crippen LogP contribution in [-0.4, -0.2) is 35.5 Å². The highest BCUT2D eigenvalue weighted by Gasteiger charge is 2.41. The van der Waals surface area contributed by atoms with Crippen LogP contribution >= 0.6 is 11.5 Å². The molecule has 96 valence electrons. The van der Waals surface area contributed by atoms with Gasteiger partial charge in [-0.15, -0.1) is 0 Å². The highest BCUT2D eigenvalue weighted by Crippen LogP contribution is 2.43. The minimum Gasteiger partial charge on any atom is -0.383 e. The molecule has 0 bridgehead atoms. The predicted octanol–water partition coefficient (Wildman–Crippen LogP) is 2.50. The number of methoxy groups -OCH3 is 1. The van der Waals surface area contributed by atoms with Crippen LogP contribution in [0.3, 0.4) is 0 Å². The summed E-state index contributed by atoms with van der Waals surface area (Å²) in [5, 5.41) is 3.72. The van der Waals surface area contributed by atoms with Gasteiger partial charge in [0, 0.05) is 43.9 Å². The second-order valence-electron chi connectivity index (χ2n) is 4.17. The average molecular weight is 263 g/mol. The van der Waals surface area contributed by atoms with Crippen LogP contribution in [0.2, 0.25) is 0 Å². The molecule has 0 aliphatic heterocycles. The zero-order valence-electron chi connectivity index (χ0n) is 9.58. The molecule has 1 N–H and O–H groups in total. The Hall–Kier alpha value is -0.820. The molecule has 4 nitrogen and oxygen atoms in total. The standard InChI is InChI=1S/C10H15F2N3OS/c1-16-5-4-13-9-14-8(15-17-9)7-2-3-10(11,12)6-7/h7H,2-6H2,1H3,(H,13,14,15). The topological polar surface area (TPSA) is 47.0 Å². The van der Waals surface area contributed by atoms with Gasteiger partial charge in [0.1, 0.15) is 5.82 Å². The van der Waals surface area contributed by atoms with Crippen molar-refractivity contribution in [3.63, 3.8) is 0 Å². The summed E-state index contributed by atoms with van der Waals surface area (Å²) in [6.07, 6.45) is 0.297. The molecule has 0 spiro atoms. The molecular formula is C10H15F2N3OS. The number of alkyl halides is 2. The molecule has 1 fully saturated rings. The second kappa shape index (κ2) is 5.22. The molecule has 1 atom stereocenters. The molecular weight excluding hydrogens is 248 g/mol. The normalized spacial score (nSPS) is 22.9. The van der Waals surface area contributed by atoms with Crippen LogP contribution in [0.1, 0.15) is 31.0 Å². The van der Waals surface area contributed by atoms with Gasteiger partial charge in [-0.3, -0.25) is 0 Å². The first-order chi connectivity index (χ1) is 8.11. The Kier molecular flexibility index (Phi) is 3.88. The molecule has 0 aromatic carbocycles. The van der Waals surface area contributed by atoms with E-state index in [9.17, 15) is 8.78 Å². The van der Waals surface area contributed by atoms with Gasteiger partial charge in [-0.1, -0.05) is 0 Å². The number of hydrogen-bond donors (Lipinski definition) is 1. The summed E-state index contributed by atoms with van der Waals surface area (Å²) >= 11 is 1.21. The maximum Gasteiger partial charge on any atom is 0.248 e. The van der Waals surface area contributed by atoms with Crippen molar-refractivity contribution in [2.45, 2.75) is 31.1 Å². The predicted molar refractivity (Wildman–Crippen MR) is 61.8 cm³/mol. The van der Waals surface area contributed by atoms with Gasteiger partial charge < -0.3 is 10.1 Å². The van der Waals surface area contributed by atoms with Gasteiger partial charge in [-0.2, -0.15) is 4.37 Å². The van der Waals surface area contributed by atoms with E-state index in [0.717, 1.165) is 0 Å². The van der Waals surface area contributed by atoms with Gasteiger partial charge in [-0.25, -0.2) is 13.8 Å². The third-order valence-electron chi connectivity index (χ3n) is 2.79. The van der Waals surface area contributed by atoms with Gasteiger partial charge >= 0.3 is 0 Å². The lowest BCUT2D eigenvalue weighted by atomic mass is 10.1. The Balaban J connectivity index is 1.90. The summed E-state index contributed by atoms with van der Waals surface area (Å²) in [6.45, 7) is 1.22. The zero-order chi connectivity index (χ0) is 12.3. The number of rotatable bonds is 5. The number of nitrogens with zero attached hydrogens (tertiary/aromatic N) is 2. The highest BCUT2D eigenvalue weighted by atomic mass is 32.1. The van der Waals surface area contributed by atoms with E-state index in [4.69, 9.17) is 4.74 Å². The van der Waals surface area contributed by atoms with Crippen molar-refractivity contribution in [1.82, 2.24) is 9.36 Å². The van der Waals surface area contributed by atoms with Crippen LogP contribution in [0.4, 0.5) is 13.9 Å². The van der Waals surface area contributed by atoms with Crippen molar-refractivity contribution >= 4 is 16.7 Å². The van der Waals surface area contributed by atoms with Crippen LogP contribution in [0.25, 0.3) is 0 Å². The number of nitrogens with one attached hydrogen (secondary N) is 1. The largest absolute Gasteiger partial charge is 0.383 e. The van der Waals surface area contributed by atoms with E-state index in [1.165, 1.54) is 11.5 Å². The van der Waals surface area contributed by atoms with Gasteiger partial charge in [0.25, 0.3) is 0 Å². The van der Waals surface area contributed by atoms with E-state index in [0.29, 0.717) is 30.5 Å². The van der Waals surface area contributed by atoms with Gasteiger partial charge in [0.2, 0.25) is 11.1 Å². The Bertz CT molecular complexity index is 372. The molecule has 1 saturated carbocycles. The van der Waals surface area contributed by atoms with Crippen LogP contribution in [0.5, 0.6) is 0 Å². The third kappa shape index (κ3) is 3.32. The molecule has 7 heteroatoms. The lowest BCUT2D eigenvalue weighted by molar-refractivity contribution is 0.00757. The molecule has 2 rings (SSSR count). The molecule has 0 radical (unpaired) electrons. The summed E-state index contributed by atoms with van der Waals surface area (Å²) < 4.78 is 35.1. The van der Waals surface area contributed by atoms with Crippen molar-refractivity contribution in [2.24, 2.45) is 0 Å². The van der Waals surface area contributed by atoms with E-state index >= 15 is 0 Å². The highest BCUT2D eigenvalue weighted by molar-refractivity contribution is 7.09. The Morgan fingerprint density at radius 2 is 2.41 bits per heavy atom. The number of ether oxygens (including phenoxy) is 1. The van der Waals surface area contributed by atoms with E-state index in [2.05, 4.69) is 14.7 Å². The minimum atomic E-state index is -2.54. The van der Waals surface area contributed by atoms with Crippen molar-refractivity contribution in [3.05, 3.63) is 5.82 Å². The Morgan fingerprint density at radius 3 is 3.06 bits per heavy atom. The van der Waals surface area contributed by atoms with Crippen LogP contribution < -0.4 is 5.32 Å². The molecule has 1 unspecified atom stereocenters. The summed E-state index contributed by atoms with van der Waals surface area (Å²) in [6, 6.07) is 0. The van der Waals surface area contributed by atoms with Gasteiger partial charge in [0.15, 0.2) is 0 Å². The van der Waals surface area contributed by atoms with Crippen molar-refractivity contribution in [1.29, 1.82) is 0 Å². The molecule has 1 aliphatic carbocycles. The Morgan fingerprint density at radius 1 is 1.59 bits per heavy atom. The maximum absolute atomic E-state index is 13.1. The fourth-order valence-corrected chi connectivity index (χ4v) is 2.57. The SMILES string of the molecule is COCCNc1nc(C2CCC(F)(F)C2)ns1. The average Bonchev–Trinajstić information content (AvgIpc) is 2.85. The molecule has 1 aromatic heterocycles. The van der Waals surface area contributed by atoms with E-state index in [1.54, 1.807) is 7.11 Å². The van der Waals surface area contributed by atoms with E-state index < -0.39 is 5.92 Å². The quantitative estimate of drug-likeness (QED) is 0.829. The summed E-state index contributed by atoms with van der Waals surface area (Å²) in [5.74, 6) is -2.19. The molecule has 0 saturated heterocycles. The monoisotopic (exact) mass is 263 g/mol. The number of hydrogen-bond acceptors (Lipinski definition) is 5. The van der Waals surface area contributed by atoms with Gasteiger partial charge in [-0.05, 0) is 6.42 Å². The fraction of sp³-hybridized carbons (Fsp3) is 0.800. The molecule has 17 heavy (non-hydrogen) atoms. The molecule has 0 amide bonds. The third-order valence-corrected chi connectivity index (χ3v) is 3.48. The number of anilines is 1. The van der Waals surface area contributed by atoms with Crippen LogP contribution in [-0.2, 0) is 4.74 Å². The first-order valence-electron chi connectivity index (χ1n) is 5.55. The molecule has 1 aromatic rings. The summed E-state index contributed by atoms with van der Waals surface area (Å²) in [4.78, 5) is 4.24. The fourth-order valence-electron chi connectivity index (χ4n) is 1.90. The zero-order valence-corrected chi connectivity index (χ0v) is 10.4. The summed E-state index contributed by atoms with van der Waals surface area (Å²) in [5.41, 5.74) is 0. The lowest BCUT2D eigenvalue weighted by Gasteiger charge is -2.06. The first kappa shape index (κ1) is 12.6.